The Balaban J connectivity index is 1.94. The van der Waals surface area contributed by atoms with Gasteiger partial charge in [0.15, 0.2) is 11.5 Å². The van der Waals surface area contributed by atoms with Crippen LogP contribution in [0.2, 0.25) is 0 Å². The Hall–Kier alpha value is -3.35. The van der Waals surface area contributed by atoms with Gasteiger partial charge in [-0.05, 0) is 36.8 Å². The summed E-state index contributed by atoms with van der Waals surface area (Å²) in [4.78, 5) is 25.1. The standard InChI is InChI=1S/C20H21N3O4/c1-12-14-9-17(26-2)18(27-3)10-15(14)16(20(25)23-22-12)11-19(24)21-13-7-5-4-6-8-13/h4-10,16H,11H2,1-3H3,(H,21,24)(H,23,25)/t16-/m1/s1. The van der Waals surface area contributed by atoms with Crippen molar-refractivity contribution in [3.05, 3.63) is 53.6 Å². The van der Waals surface area contributed by atoms with E-state index in [0.29, 0.717) is 28.5 Å². The van der Waals surface area contributed by atoms with Gasteiger partial charge in [0.1, 0.15) is 0 Å². The molecule has 2 aromatic carbocycles. The van der Waals surface area contributed by atoms with Crippen molar-refractivity contribution in [1.29, 1.82) is 0 Å². The van der Waals surface area contributed by atoms with Crippen LogP contribution in [0.4, 0.5) is 5.69 Å². The fourth-order valence-corrected chi connectivity index (χ4v) is 3.04. The molecule has 0 saturated heterocycles. The molecule has 0 radical (unpaired) electrons. The highest BCUT2D eigenvalue weighted by Crippen LogP contribution is 2.36. The maximum Gasteiger partial charge on any atom is 0.248 e. The molecule has 1 aliphatic heterocycles. The first-order valence-corrected chi connectivity index (χ1v) is 8.48. The van der Waals surface area contributed by atoms with Crippen LogP contribution >= 0.6 is 0 Å². The first kappa shape index (κ1) is 18.4. The van der Waals surface area contributed by atoms with E-state index in [4.69, 9.17) is 9.47 Å². The Bertz CT molecular complexity index is 894. The number of ether oxygens (including phenoxy) is 2. The van der Waals surface area contributed by atoms with Crippen molar-refractivity contribution in [3.63, 3.8) is 0 Å². The summed E-state index contributed by atoms with van der Waals surface area (Å²) in [6, 6.07) is 12.6. The van der Waals surface area contributed by atoms with Gasteiger partial charge in [0.05, 0.1) is 25.8 Å². The van der Waals surface area contributed by atoms with E-state index in [0.717, 1.165) is 5.56 Å². The van der Waals surface area contributed by atoms with Crippen molar-refractivity contribution in [2.75, 3.05) is 19.5 Å². The van der Waals surface area contributed by atoms with E-state index in [1.807, 2.05) is 18.2 Å². The highest BCUT2D eigenvalue weighted by atomic mass is 16.5. The predicted molar refractivity (Wildman–Crippen MR) is 102 cm³/mol. The molecule has 27 heavy (non-hydrogen) atoms. The second kappa shape index (κ2) is 7.90. The van der Waals surface area contributed by atoms with Crippen LogP contribution in [-0.2, 0) is 9.59 Å². The average Bonchev–Trinajstić information content (AvgIpc) is 2.79. The lowest BCUT2D eigenvalue weighted by atomic mass is 9.89. The minimum absolute atomic E-state index is 0.0218. The third kappa shape index (κ3) is 3.92. The molecule has 0 spiro atoms. The number of nitrogens with zero attached hydrogens (tertiary/aromatic N) is 1. The van der Waals surface area contributed by atoms with Crippen LogP contribution in [0.25, 0.3) is 0 Å². The van der Waals surface area contributed by atoms with Crippen molar-refractivity contribution in [2.24, 2.45) is 5.10 Å². The number of methoxy groups -OCH3 is 2. The van der Waals surface area contributed by atoms with Crippen LogP contribution < -0.4 is 20.2 Å². The Kier molecular flexibility index (Phi) is 5.40. The maximum atomic E-state index is 12.6. The van der Waals surface area contributed by atoms with E-state index in [2.05, 4.69) is 15.8 Å². The zero-order valence-corrected chi connectivity index (χ0v) is 15.4. The van der Waals surface area contributed by atoms with Gasteiger partial charge in [-0.3, -0.25) is 9.59 Å². The number of fused-ring (bicyclic) bond motifs is 1. The van der Waals surface area contributed by atoms with E-state index < -0.39 is 5.92 Å². The molecule has 3 rings (SSSR count). The fraction of sp³-hybridized carbons (Fsp3) is 0.250. The Morgan fingerprint density at radius 2 is 1.81 bits per heavy atom. The van der Waals surface area contributed by atoms with Crippen molar-refractivity contribution < 1.29 is 19.1 Å². The van der Waals surface area contributed by atoms with Gasteiger partial charge in [0, 0.05) is 17.7 Å². The molecule has 0 saturated carbocycles. The van der Waals surface area contributed by atoms with E-state index in [9.17, 15) is 9.59 Å². The van der Waals surface area contributed by atoms with Gasteiger partial charge in [-0.2, -0.15) is 5.10 Å². The minimum atomic E-state index is -0.704. The molecule has 7 heteroatoms. The molecule has 2 N–H and O–H groups in total. The van der Waals surface area contributed by atoms with Crippen LogP contribution in [-0.4, -0.2) is 31.7 Å². The minimum Gasteiger partial charge on any atom is -0.493 e. The Labute approximate surface area is 157 Å². The largest absolute Gasteiger partial charge is 0.493 e. The van der Waals surface area contributed by atoms with Gasteiger partial charge in [-0.15, -0.1) is 0 Å². The summed E-state index contributed by atoms with van der Waals surface area (Å²) < 4.78 is 10.7. The van der Waals surface area contributed by atoms with E-state index in [1.165, 1.54) is 7.11 Å². The van der Waals surface area contributed by atoms with Crippen molar-refractivity contribution in [2.45, 2.75) is 19.3 Å². The number of nitrogens with one attached hydrogen (secondary N) is 2. The van der Waals surface area contributed by atoms with Gasteiger partial charge in [-0.25, -0.2) is 5.43 Å². The van der Waals surface area contributed by atoms with Gasteiger partial charge in [-0.1, -0.05) is 18.2 Å². The molecule has 0 bridgehead atoms. The molecule has 7 nitrogen and oxygen atoms in total. The van der Waals surface area contributed by atoms with Crippen LogP contribution in [0.5, 0.6) is 11.5 Å². The molecule has 1 heterocycles. The summed E-state index contributed by atoms with van der Waals surface area (Å²) in [5.41, 5.74) is 5.24. The number of hydrogen-bond acceptors (Lipinski definition) is 5. The molecule has 1 aliphatic rings. The highest BCUT2D eigenvalue weighted by Gasteiger charge is 2.30. The third-order valence-corrected chi connectivity index (χ3v) is 4.42. The van der Waals surface area contributed by atoms with E-state index in [-0.39, 0.29) is 18.2 Å². The summed E-state index contributed by atoms with van der Waals surface area (Å²) in [6.07, 6.45) is -0.0218. The number of anilines is 1. The van der Waals surface area contributed by atoms with Crippen molar-refractivity contribution in [1.82, 2.24) is 5.43 Å². The van der Waals surface area contributed by atoms with Crippen molar-refractivity contribution >= 4 is 23.2 Å². The highest BCUT2D eigenvalue weighted by molar-refractivity contribution is 6.06. The summed E-state index contributed by atoms with van der Waals surface area (Å²) in [5, 5.41) is 6.92. The molecular formula is C20H21N3O4. The van der Waals surface area contributed by atoms with Gasteiger partial charge in [0.25, 0.3) is 0 Å². The lowest BCUT2D eigenvalue weighted by Gasteiger charge is -2.18. The molecular weight excluding hydrogens is 346 g/mol. The summed E-state index contributed by atoms with van der Waals surface area (Å²) >= 11 is 0. The zero-order valence-electron chi connectivity index (χ0n) is 15.4. The molecule has 0 aliphatic carbocycles. The summed E-state index contributed by atoms with van der Waals surface area (Å²) in [6.45, 7) is 1.79. The lowest BCUT2D eigenvalue weighted by molar-refractivity contribution is -0.125. The molecule has 0 aromatic heterocycles. The number of carbonyl (C=O) groups is 2. The average molecular weight is 367 g/mol. The first-order chi connectivity index (χ1) is 13.0. The number of carbonyl (C=O) groups excluding carboxylic acids is 2. The summed E-state index contributed by atoms with van der Waals surface area (Å²) in [7, 11) is 3.07. The lowest BCUT2D eigenvalue weighted by Crippen LogP contribution is -2.28. The predicted octanol–water partition coefficient (Wildman–Crippen LogP) is 2.67. The number of benzene rings is 2. The number of hydrazone groups is 1. The normalized spacial score (nSPS) is 15.7. The number of rotatable bonds is 5. The van der Waals surface area contributed by atoms with E-state index >= 15 is 0 Å². The molecule has 2 amide bonds. The SMILES string of the molecule is COc1cc2c(cc1OC)[C@@H](CC(=O)Nc1ccccc1)C(=O)NN=C2C. The van der Waals surface area contributed by atoms with Gasteiger partial charge < -0.3 is 14.8 Å². The Morgan fingerprint density at radius 3 is 2.48 bits per heavy atom. The number of para-hydroxylation sites is 1. The second-order valence-electron chi connectivity index (χ2n) is 6.14. The third-order valence-electron chi connectivity index (χ3n) is 4.42. The van der Waals surface area contributed by atoms with Crippen molar-refractivity contribution in [3.8, 4) is 11.5 Å². The van der Waals surface area contributed by atoms with Crippen LogP contribution in [0, 0.1) is 0 Å². The molecule has 0 fully saturated rings. The monoisotopic (exact) mass is 367 g/mol. The fourth-order valence-electron chi connectivity index (χ4n) is 3.04. The van der Waals surface area contributed by atoms with Crippen LogP contribution in [0.3, 0.4) is 0 Å². The topological polar surface area (TPSA) is 89.0 Å². The summed E-state index contributed by atoms with van der Waals surface area (Å²) in [5.74, 6) is -0.283. The first-order valence-electron chi connectivity index (χ1n) is 8.48. The quantitative estimate of drug-likeness (QED) is 0.850. The maximum absolute atomic E-state index is 12.6. The van der Waals surface area contributed by atoms with Crippen LogP contribution in [0.1, 0.15) is 30.4 Å². The number of amides is 2. The molecule has 1 atom stereocenters. The molecule has 0 unspecified atom stereocenters. The second-order valence-corrected chi connectivity index (χ2v) is 6.14. The van der Waals surface area contributed by atoms with Gasteiger partial charge >= 0.3 is 0 Å². The Morgan fingerprint density at radius 1 is 1.15 bits per heavy atom. The zero-order chi connectivity index (χ0) is 19.4. The smallest absolute Gasteiger partial charge is 0.248 e. The molecule has 140 valence electrons. The number of hydrogen-bond donors (Lipinski definition) is 2. The van der Waals surface area contributed by atoms with E-state index in [1.54, 1.807) is 38.3 Å². The van der Waals surface area contributed by atoms with Crippen LogP contribution in [0.15, 0.2) is 47.6 Å². The van der Waals surface area contributed by atoms with Gasteiger partial charge in [0.2, 0.25) is 11.8 Å². The molecule has 2 aromatic rings.